The molecule has 0 saturated carbocycles. The van der Waals surface area contributed by atoms with Gasteiger partial charge in [0.2, 0.25) is 0 Å². The molecule has 1 unspecified atom stereocenters. The zero-order valence-corrected chi connectivity index (χ0v) is 24.7. The maximum absolute atomic E-state index is 12.8. The van der Waals surface area contributed by atoms with Crippen LogP contribution in [0.25, 0.3) is 33.4 Å². The highest BCUT2D eigenvalue weighted by molar-refractivity contribution is 5.93. The smallest absolute Gasteiger partial charge is 0.315 e. The molecule has 1 fully saturated rings. The third kappa shape index (κ3) is 5.49. The summed E-state index contributed by atoms with van der Waals surface area (Å²) < 4.78 is 5.21. The lowest BCUT2D eigenvalue weighted by atomic mass is 9.96. The van der Waals surface area contributed by atoms with Crippen LogP contribution in [-0.4, -0.2) is 57.4 Å². The van der Waals surface area contributed by atoms with E-state index in [4.69, 9.17) is 4.52 Å². The number of H-pyrrole nitrogens is 1. The Hall–Kier alpha value is -4.57. The summed E-state index contributed by atoms with van der Waals surface area (Å²) in [5.41, 5.74) is 7.66. The molecule has 0 spiro atoms. The van der Waals surface area contributed by atoms with E-state index in [2.05, 4.69) is 77.3 Å². The number of anilines is 1. The standard InChI is InChI=1S/C32H36N8O2/c1-19-16-22(8-11-25(19)20(2)35-29(41)30-36-31(39-42-30)32(3,4)5)27-26-17-23(18-34-28(26)38-37-27)21-6-9-24(10-7-21)40-14-12-33-13-15-40/h6-11,16-18,20,33H,12-15H2,1-5H3,(H,35,41)(H,34,37,38). The van der Waals surface area contributed by atoms with Crippen molar-refractivity contribution in [3.05, 3.63) is 77.6 Å². The fourth-order valence-electron chi connectivity index (χ4n) is 5.33. The van der Waals surface area contributed by atoms with Crippen LogP contribution >= 0.6 is 0 Å². The molecule has 1 atom stereocenters. The second-order valence-electron chi connectivity index (χ2n) is 11.9. The van der Waals surface area contributed by atoms with Gasteiger partial charge in [-0.05, 0) is 54.8 Å². The highest BCUT2D eigenvalue weighted by Gasteiger charge is 2.25. The minimum Gasteiger partial charge on any atom is -0.369 e. The fourth-order valence-corrected chi connectivity index (χ4v) is 5.33. The van der Waals surface area contributed by atoms with Crippen LogP contribution in [0.4, 0.5) is 5.69 Å². The molecule has 1 aliphatic heterocycles. The number of hydrogen-bond donors (Lipinski definition) is 3. The Morgan fingerprint density at radius 2 is 1.76 bits per heavy atom. The van der Waals surface area contributed by atoms with E-state index in [1.54, 1.807) is 0 Å². The first kappa shape index (κ1) is 27.6. The molecule has 0 bridgehead atoms. The van der Waals surface area contributed by atoms with Crippen LogP contribution in [0.5, 0.6) is 0 Å². The summed E-state index contributed by atoms with van der Waals surface area (Å²) in [5, 5.41) is 19.0. The molecule has 1 aliphatic rings. The zero-order valence-electron chi connectivity index (χ0n) is 24.7. The third-order valence-electron chi connectivity index (χ3n) is 7.75. The molecule has 42 heavy (non-hydrogen) atoms. The van der Waals surface area contributed by atoms with Gasteiger partial charge in [0.15, 0.2) is 11.5 Å². The number of aryl methyl sites for hydroxylation is 1. The lowest BCUT2D eigenvalue weighted by Gasteiger charge is -2.29. The first-order valence-corrected chi connectivity index (χ1v) is 14.3. The van der Waals surface area contributed by atoms with E-state index in [-0.39, 0.29) is 17.3 Å². The second-order valence-corrected chi connectivity index (χ2v) is 11.9. The van der Waals surface area contributed by atoms with Crippen molar-refractivity contribution >= 4 is 22.6 Å². The quantitative estimate of drug-likeness (QED) is 0.258. The molecule has 216 valence electrons. The Kier molecular flexibility index (Phi) is 7.24. The number of aromatic nitrogens is 5. The van der Waals surface area contributed by atoms with Gasteiger partial charge >= 0.3 is 11.8 Å². The van der Waals surface area contributed by atoms with Crippen LogP contribution in [-0.2, 0) is 5.41 Å². The molecule has 6 rings (SSSR count). The van der Waals surface area contributed by atoms with E-state index >= 15 is 0 Å². The molecule has 5 aromatic rings. The number of rotatable bonds is 6. The molecule has 3 N–H and O–H groups in total. The number of benzene rings is 2. The number of aromatic amines is 1. The number of carbonyl (C=O) groups is 1. The van der Waals surface area contributed by atoms with E-state index in [1.807, 2.05) is 52.9 Å². The minimum atomic E-state index is -0.396. The van der Waals surface area contributed by atoms with Crippen LogP contribution in [0, 0.1) is 6.92 Å². The van der Waals surface area contributed by atoms with Gasteiger partial charge in [0.25, 0.3) is 0 Å². The molecule has 1 saturated heterocycles. The Morgan fingerprint density at radius 3 is 2.45 bits per heavy atom. The summed E-state index contributed by atoms with van der Waals surface area (Å²) in [5.74, 6) is 0.0644. The van der Waals surface area contributed by atoms with Crippen LogP contribution in [0.3, 0.4) is 0 Å². The van der Waals surface area contributed by atoms with Crippen molar-refractivity contribution in [1.82, 2.24) is 36.0 Å². The molecule has 4 heterocycles. The predicted molar refractivity (Wildman–Crippen MR) is 163 cm³/mol. The molecule has 10 heteroatoms. The largest absolute Gasteiger partial charge is 0.369 e. The summed E-state index contributed by atoms with van der Waals surface area (Å²) in [7, 11) is 0. The second kappa shape index (κ2) is 11.0. The number of nitrogens with one attached hydrogen (secondary N) is 3. The zero-order chi connectivity index (χ0) is 29.4. The highest BCUT2D eigenvalue weighted by atomic mass is 16.5. The molecular weight excluding hydrogens is 528 g/mol. The molecule has 10 nitrogen and oxygen atoms in total. The maximum Gasteiger partial charge on any atom is 0.315 e. The normalized spacial score (nSPS) is 14.7. The lowest BCUT2D eigenvalue weighted by Crippen LogP contribution is -2.43. The van der Waals surface area contributed by atoms with Crippen molar-refractivity contribution in [3.63, 3.8) is 0 Å². The average molecular weight is 565 g/mol. The van der Waals surface area contributed by atoms with E-state index in [0.717, 1.165) is 70.7 Å². The highest BCUT2D eigenvalue weighted by Crippen LogP contribution is 2.32. The number of carbonyl (C=O) groups excluding carboxylic acids is 1. The van der Waals surface area contributed by atoms with E-state index in [1.165, 1.54) is 5.69 Å². The van der Waals surface area contributed by atoms with Gasteiger partial charge in [-0.2, -0.15) is 10.1 Å². The van der Waals surface area contributed by atoms with Crippen LogP contribution in [0.2, 0.25) is 0 Å². The molecule has 0 radical (unpaired) electrons. The summed E-state index contributed by atoms with van der Waals surface area (Å²) >= 11 is 0. The van der Waals surface area contributed by atoms with Gasteiger partial charge in [-0.15, -0.1) is 0 Å². The van der Waals surface area contributed by atoms with Crippen molar-refractivity contribution in [1.29, 1.82) is 0 Å². The van der Waals surface area contributed by atoms with Crippen molar-refractivity contribution in [2.45, 2.75) is 46.1 Å². The fraction of sp³-hybridized carbons (Fsp3) is 0.344. The number of pyridine rings is 1. The van der Waals surface area contributed by atoms with Crippen LogP contribution in [0.1, 0.15) is 61.4 Å². The van der Waals surface area contributed by atoms with Gasteiger partial charge in [0.05, 0.1) is 6.04 Å². The Morgan fingerprint density at radius 1 is 1.02 bits per heavy atom. The first-order chi connectivity index (χ1) is 20.2. The Balaban J connectivity index is 1.21. The van der Waals surface area contributed by atoms with Crippen molar-refractivity contribution < 1.29 is 9.32 Å². The number of hydrogen-bond acceptors (Lipinski definition) is 8. The van der Waals surface area contributed by atoms with Gasteiger partial charge in [-0.1, -0.05) is 50.2 Å². The van der Waals surface area contributed by atoms with Crippen molar-refractivity contribution in [3.8, 4) is 22.4 Å². The van der Waals surface area contributed by atoms with Crippen molar-refractivity contribution in [2.75, 3.05) is 31.1 Å². The monoisotopic (exact) mass is 564 g/mol. The van der Waals surface area contributed by atoms with Crippen LogP contribution < -0.4 is 15.5 Å². The molecule has 2 aromatic carbocycles. The Labute approximate surface area is 244 Å². The molecule has 3 aromatic heterocycles. The number of amides is 1. The minimum absolute atomic E-state index is 0.0363. The first-order valence-electron chi connectivity index (χ1n) is 14.3. The average Bonchev–Trinajstić information content (AvgIpc) is 3.66. The van der Waals surface area contributed by atoms with Gasteiger partial charge in [0, 0.05) is 60.0 Å². The van der Waals surface area contributed by atoms with Gasteiger partial charge in [-0.3, -0.25) is 9.89 Å². The van der Waals surface area contributed by atoms with Crippen molar-refractivity contribution in [2.24, 2.45) is 0 Å². The number of nitrogens with zero attached hydrogens (tertiary/aromatic N) is 5. The van der Waals surface area contributed by atoms with Gasteiger partial charge < -0.3 is 20.1 Å². The third-order valence-corrected chi connectivity index (χ3v) is 7.75. The molecular formula is C32H36N8O2. The SMILES string of the molecule is Cc1cc(-c2n[nH]c3ncc(-c4ccc(N5CCNCC5)cc4)cc23)ccc1C(C)NC(=O)c1nc(C(C)(C)C)no1. The van der Waals surface area contributed by atoms with Gasteiger partial charge in [0.1, 0.15) is 5.69 Å². The van der Waals surface area contributed by atoms with E-state index in [9.17, 15) is 4.79 Å². The lowest BCUT2D eigenvalue weighted by molar-refractivity contribution is 0.0895. The summed E-state index contributed by atoms with van der Waals surface area (Å²) in [4.78, 5) is 24.1. The summed E-state index contributed by atoms with van der Waals surface area (Å²) in [6.07, 6.45) is 1.89. The summed E-state index contributed by atoms with van der Waals surface area (Å²) in [6.45, 7) is 13.9. The number of fused-ring (bicyclic) bond motifs is 1. The van der Waals surface area contributed by atoms with Crippen LogP contribution in [0.15, 0.2) is 59.3 Å². The topological polar surface area (TPSA) is 125 Å². The Bertz CT molecular complexity index is 1730. The molecule has 0 aliphatic carbocycles. The predicted octanol–water partition coefficient (Wildman–Crippen LogP) is 5.18. The summed E-state index contributed by atoms with van der Waals surface area (Å²) in [6, 6.07) is 16.7. The van der Waals surface area contributed by atoms with E-state index < -0.39 is 5.91 Å². The maximum atomic E-state index is 12.8. The molecule has 1 amide bonds. The van der Waals surface area contributed by atoms with Gasteiger partial charge in [-0.25, -0.2) is 4.98 Å². The van der Waals surface area contributed by atoms with E-state index in [0.29, 0.717) is 5.82 Å². The number of piperazine rings is 1.